The molecule has 1 N–H and O–H groups in total. The summed E-state index contributed by atoms with van der Waals surface area (Å²) in [5, 5.41) is 9.01. The Morgan fingerprint density at radius 1 is 1.39 bits per heavy atom. The van der Waals surface area contributed by atoms with Gasteiger partial charge in [-0.3, -0.25) is 4.79 Å². The van der Waals surface area contributed by atoms with Crippen LogP contribution in [0.1, 0.15) is 46.5 Å². The molecular formula is C19H15BrFNO5S. The third-order valence-electron chi connectivity index (χ3n) is 4.21. The summed E-state index contributed by atoms with van der Waals surface area (Å²) >= 11 is 1.46. The summed E-state index contributed by atoms with van der Waals surface area (Å²) in [5.74, 6) is -0.671. The highest BCUT2D eigenvalue weighted by atomic mass is 79.9. The minimum absolute atomic E-state index is 0.118. The van der Waals surface area contributed by atoms with Gasteiger partial charge < -0.3 is 14.0 Å². The zero-order chi connectivity index (χ0) is 20.4. The van der Waals surface area contributed by atoms with E-state index in [1.165, 1.54) is 13.0 Å². The number of esters is 1. The van der Waals surface area contributed by atoms with Gasteiger partial charge in [0.15, 0.2) is 11.1 Å². The highest BCUT2D eigenvalue weighted by Crippen LogP contribution is 2.52. The number of benzene rings is 2. The zero-order valence-corrected chi connectivity index (χ0v) is 17.0. The van der Waals surface area contributed by atoms with Crippen molar-refractivity contribution in [1.29, 1.82) is 5.26 Å². The first-order chi connectivity index (χ1) is 13.3. The van der Waals surface area contributed by atoms with Crippen LogP contribution in [0.3, 0.4) is 0 Å². The molecule has 0 fully saturated rings. The van der Waals surface area contributed by atoms with Crippen LogP contribution in [0, 0.1) is 17.1 Å². The molecule has 0 heterocycles. The summed E-state index contributed by atoms with van der Waals surface area (Å²) in [5.41, 5.74) is 1.95. The van der Waals surface area contributed by atoms with E-state index in [9.17, 15) is 17.9 Å². The molecule has 0 aromatic heterocycles. The molecule has 0 spiro atoms. The maximum atomic E-state index is 13.7. The Kier molecular flexibility index (Phi) is 6.13. The van der Waals surface area contributed by atoms with Crippen molar-refractivity contribution in [1.82, 2.24) is 0 Å². The van der Waals surface area contributed by atoms with Gasteiger partial charge in [-0.1, -0.05) is 22.0 Å². The van der Waals surface area contributed by atoms with Crippen molar-refractivity contribution in [3.63, 3.8) is 0 Å². The molecule has 28 heavy (non-hydrogen) atoms. The summed E-state index contributed by atoms with van der Waals surface area (Å²) in [6, 6.07) is 8.77. The molecule has 0 saturated carbocycles. The Morgan fingerprint density at radius 2 is 2.14 bits per heavy atom. The Morgan fingerprint density at radius 3 is 2.79 bits per heavy atom. The average Bonchev–Trinajstić information content (AvgIpc) is 2.92. The van der Waals surface area contributed by atoms with Gasteiger partial charge in [0.05, 0.1) is 17.4 Å². The molecule has 6 nitrogen and oxygen atoms in total. The van der Waals surface area contributed by atoms with Crippen molar-refractivity contribution in [2.45, 2.75) is 30.0 Å². The molecule has 1 unspecified atom stereocenters. The number of nitrogens with zero attached hydrogens (tertiary/aromatic N) is 1. The van der Waals surface area contributed by atoms with Crippen LogP contribution in [0.5, 0.6) is 11.5 Å². The van der Waals surface area contributed by atoms with Crippen molar-refractivity contribution in [3.05, 3.63) is 58.4 Å². The molecule has 2 aromatic rings. The van der Waals surface area contributed by atoms with Crippen molar-refractivity contribution in [2.75, 3.05) is 0 Å². The third-order valence-corrected chi connectivity index (χ3v) is 5.60. The molecular weight excluding hydrogens is 453 g/mol. The van der Waals surface area contributed by atoms with Crippen LogP contribution in [0.15, 0.2) is 30.3 Å². The number of carbonyl (C=O) groups excluding carboxylic acids is 1. The van der Waals surface area contributed by atoms with Crippen LogP contribution in [-0.2, 0) is 26.4 Å². The highest BCUT2D eigenvalue weighted by Gasteiger charge is 2.37. The van der Waals surface area contributed by atoms with E-state index in [1.54, 1.807) is 12.1 Å². The van der Waals surface area contributed by atoms with Crippen LogP contribution in [-0.4, -0.2) is 14.7 Å². The first-order valence-corrected chi connectivity index (χ1v) is 10.4. The van der Waals surface area contributed by atoms with Crippen molar-refractivity contribution in [3.8, 4) is 17.6 Å². The van der Waals surface area contributed by atoms with Crippen LogP contribution in [0.2, 0.25) is 0 Å². The lowest BCUT2D eigenvalue weighted by Crippen LogP contribution is -2.09. The first kappa shape index (κ1) is 20.5. The number of hydrogen-bond acceptors (Lipinski definition) is 5. The molecule has 2 aromatic carbocycles. The largest absolute Gasteiger partial charge is 0.458 e. The monoisotopic (exact) mass is 467 g/mol. The number of alkyl halides is 1. The Hall–Kier alpha value is -2.28. The van der Waals surface area contributed by atoms with E-state index in [1.807, 2.05) is 6.07 Å². The fraction of sp³-hybridized carbons (Fsp3) is 0.263. The van der Waals surface area contributed by atoms with Gasteiger partial charge in [-0.2, -0.15) is 5.26 Å². The molecule has 0 radical (unpaired) electrons. The van der Waals surface area contributed by atoms with Crippen molar-refractivity contribution in [2.24, 2.45) is 0 Å². The predicted molar refractivity (Wildman–Crippen MR) is 103 cm³/mol. The molecule has 146 valence electrons. The van der Waals surface area contributed by atoms with E-state index in [2.05, 4.69) is 15.9 Å². The maximum absolute atomic E-state index is 13.7. The van der Waals surface area contributed by atoms with Crippen LogP contribution < -0.4 is 4.74 Å². The average molecular weight is 468 g/mol. The lowest BCUT2D eigenvalue weighted by Gasteiger charge is -2.18. The van der Waals surface area contributed by atoms with E-state index in [0.29, 0.717) is 28.9 Å². The van der Waals surface area contributed by atoms with Gasteiger partial charge in [-0.05, 0) is 23.8 Å². The standard InChI is InChI=1S/C19H15BrFNO5S/c1-10(23)26-17-7-15(20)19-16(3-2-12(18(17)19)9-28(24)25)27-14-5-11(8-22)4-13(21)6-14/h2-6,15,17H,7,9H2,1H3,(H,24,25)/t15-,17-/m1/s1. The van der Waals surface area contributed by atoms with E-state index in [0.717, 1.165) is 12.1 Å². The van der Waals surface area contributed by atoms with E-state index >= 15 is 0 Å². The quantitative estimate of drug-likeness (QED) is 0.390. The summed E-state index contributed by atoms with van der Waals surface area (Å²) in [7, 11) is 0. The van der Waals surface area contributed by atoms with Gasteiger partial charge in [0.25, 0.3) is 0 Å². The topological polar surface area (TPSA) is 96.6 Å². The minimum atomic E-state index is -2.08. The molecule has 1 aliphatic carbocycles. The molecule has 0 amide bonds. The zero-order valence-electron chi connectivity index (χ0n) is 14.6. The van der Waals surface area contributed by atoms with Crippen molar-refractivity contribution < 1.29 is 27.4 Å². The van der Waals surface area contributed by atoms with Gasteiger partial charge in [0.1, 0.15) is 23.4 Å². The Labute approximate surface area is 171 Å². The van der Waals surface area contributed by atoms with Crippen LogP contribution in [0.4, 0.5) is 4.39 Å². The van der Waals surface area contributed by atoms with Crippen molar-refractivity contribution >= 4 is 33.0 Å². The van der Waals surface area contributed by atoms with Gasteiger partial charge in [-0.15, -0.1) is 0 Å². The third kappa shape index (κ3) is 4.41. The number of halogens is 2. The molecule has 3 atom stereocenters. The van der Waals surface area contributed by atoms with Gasteiger partial charge in [-0.25, -0.2) is 8.60 Å². The number of hydrogen-bond donors (Lipinski definition) is 1. The van der Waals surface area contributed by atoms with E-state index < -0.39 is 29.0 Å². The molecule has 0 aliphatic heterocycles. The predicted octanol–water partition coefficient (Wildman–Crippen LogP) is 4.66. The lowest BCUT2D eigenvalue weighted by atomic mass is 10.0. The number of rotatable bonds is 5. The molecule has 3 rings (SSSR count). The first-order valence-electron chi connectivity index (χ1n) is 8.21. The molecule has 0 saturated heterocycles. The molecule has 1 aliphatic rings. The number of carbonyl (C=O) groups is 1. The fourth-order valence-corrected chi connectivity index (χ4v) is 4.59. The van der Waals surface area contributed by atoms with Crippen LogP contribution in [0.25, 0.3) is 0 Å². The molecule has 0 bridgehead atoms. The van der Waals surface area contributed by atoms with Gasteiger partial charge in [0.2, 0.25) is 0 Å². The molecule has 9 heteroatoms. The smallest absolute Gasteiger partial charge is 0.303 e. The number of ether oxygens (including phenoxy) is 2. The second-order valence-electron chi connectivity index (χ2n) is 6.21. The lowest BCUT2D eigenvalue weighted by molar-refractivity contribution is -0.146. The number of fused-ring (bicyclic) bond motifs is 1. The van der Waals surface area contributed by atoms with Gasteiger partial charge >= 0.3 is 5.97 Å². The fourth-order valence-electron chi connectivity index (χ4n) is 3.26. The minimum Gasteiger partial charge on any atom is -0.458 e. The summed E-state index contributed by atoms with van der Waals surface area (Å²) in [4.78, 5) is 11.2. The second-order valence-corrected chi connectivity index (χ2v) is 8.24. The SMILES string of the molecule is CC(=O)O[C@@H]1C[C@@H](Br)c2c(Oc3cc(F)cc(C#N)c3)ccc(CS(=O)O)c21. The Bertz CT molecular complexity index is 1010. The van der Waals surface area contributed by atoms with Crippen LogP contribution >= 0.6 is 15.9 Å². The highest BCUT2D eigenvalue weighted by molar-refractivity contribution is 9.09. The number of nitriles is 1. The Balaban J connectivity index is 2.08. The normalized spacial score (nSPS) is 18.8. The van der Waals surface area contributed by atoms with E-state index in [4.69, 9.17) is 14.7 Å². The second kappa shape index (κ2) is 8.39. The summed E-state index contributed by atoms with van der Waals surface area (Å²) in [6.07, 6.45) is -0.173. The van der Waals surface area contributed by atoms with E-state index in [-0.39, 0.29) is 21.9 Å². The summed E-state index contributed by atoms with van der Waals surface area (Å²) < 4.78 is 45.6. The maximum Gasteiger partial charge on any atom is 0.303 e. The summed E-state index contributed by atoms with van der Waals surface area (Å²) in [6.45, 7) is 1.29. The van der Waals surface area contributed by atoms with Gasteiger partial charge in [0, 0.05) is 35.4 Å².